The van der Waals surface area contributed by atoms with Gasteiger partial charge in [0.15, 0.2) is 5.82 Å². The molecule has 2 heterocycles. The highest BCUT2D eigenvalue weighted by Crippen LogP contribution is 2.39. The highest BCUT2D eigenvalue weighted by molar-refractivity contribution is 5.09. The van der Waals surface area contributed by atoms with Crippen molar-refractivity contribution in [3.05, 3.63) is 11.6 Å². The third kappa shape index (κ3) is 1.98. The number of nitrogens with one attached hydrogen (secondary N) is 1. The lowest BCUT2D eigenvalue weighted by Gasteiger charge is -2.07. The zero-order valence-electron chi connectivity index (χ0n) is 9.95. The topological polar surface area (TPSA) is 42.7 Å². The average Bonchev–Trinajstić information content (AvgIpc) is 3.08. The Morgan fingerprint density at radius 3 is 2.81 bits per heavy atom. The lowest BCUT2D eigenvalue weighted by molar-refractivity contribution is 0.568. The molecule has 1 aliphatic heterocycles. The third-order valence-corrected chi connectivity index (χ3v) is 3.70. The minimum atomic E-state index is 0.577. The molecule has 1 atom stereocenters. The standard InChI is InChI=1S/C12H20N4/c1-16-12(10-4-5-10)14-11(15-16)9-3-2-7-13-8-6-9/h9-10,13H,2-8H2,1H3. The summed E-state index contributed by atoms with van der Waals surface area (Å²) >= 11 is 0. The Bertz CT molecular complexity index is 359. The van der Waals surface area contributed by atoms with Crippen LogP contribution < -0.4 is 5.32 Å². The molecule has 88 valence electrons. The first-order chi connectivity index (χ1) is 7.84. The molecule has 1 aromatic heterocycles. The van der Waals surface area contributed by atoms with Gasteiger partial charge in [0.25, 0.3) is 0 Å². The Balaban J connectivity index is 1.79. The van der Waals surface area contributed by atoms with Gasteiger partial charge in [-0.2, -0.15) is 5.10 Å². The van der Waals surface area contributed by atoms with Gasteiger partial charge in [0.2, 0.25) is 0 Å². The molecule has 4 heteroatoms. The molecule has 1 saturated heterocycles. The number of hydrogen-bond acceptors (Lipinski definition) is 3. The summed E-state index contributed by atoms with van der Waals surface area (Å²) in [5.74, 6) is 3.59. The van der Waals surface area contributed by atoms with Gasteiger partial charge in [-0.25, -0.2) is 4.98 Å². The highest BCUT2D eigenvalue weighted by Gasteiger charge is 2.30. The number of nitrogens with zero attached hydrogens (tertiary/aromatic N) is 3. The second-order valence-electron chi connectivity index (χ2n) is 5.10. The fourth-order valence-corrected chi connectivity index (χ4v) is 2.56. The van der Waals surface area contributed by atoms with Crippen molar-refractivity contribution >= 4 is 0 Å². The van der Waals surface area contributed by atoms with E-state index in [1.54, 1.807) is 0 Å². The molecule has 0 amide bonds. The Hall–Kier alpha value is -0.900. The van der Waals surface area contributed by atoms with Gasteiger partial charge in [0.05, 0.1) is 0 Å². The van der Waals surface area contributed by atoms with E-state index in [-0.39, 0.29) is 0 Å². The molecule has 1 aliphatic carbocycles. The minimum absolute atomic E-state index is 0.577. The molecule has 16 heavy (non-hydrogen) atoms. The van der Waals surface area contributed by atoms with Gasteiger partial charge in [0.1, 0.15) is 5.82 Å². The van der Waals surface area contributed by atoms with Gasteiger partial charge in [-0.05, 0) is 45.2 Å². The lowest BCUT2D eigenvalue weighted by atomic mass is 10.0. The fourth-order valence-electron chi connectivity index (χ4n) is 2.56. The van der Waals surface area contributed by atoms with E-state index in [0.717, 1.165) is 18.9 Å². The molecule has 4 nitrogen and oxygen atoms in total. The second kappa shape index (κ2) is 4.17. The molecule has 1 unspecified atom stereocenters. The Kier molecular flexibility index (Phi) is 2.67. The Morgan fingerprint density at radius 2 is 2.00 bits per heavy atom. The molecule has 2 fully saturated rings. The van der Waals surface area contributed by atoms with Crippen molar-refractivity contribution in [2.24, 2.45) is 7.05 Å². The summed E-state index contributed by atoms with van der Waals surface area (Å²) in [5, 5.41) is 8.06. The van der Waals surface area contributed by atoms with Crippen LogP contribution in [0.15, 0.2) is 0 Å². The van der Waals surface area contributed by atoms with E-state index in [9.17, 15) is 0 Å². The van der Waals surface area contributed by atoms with Crippen molar-refractivity contribution in [3.8, 4) is 0 Å². The Labute approximate surface area is 96.4 Å². The molecule has 0 radical (unpaired) electrons. The van der Waals surface area contributed by atoms with Crippen LogP contribution in [0.1, 0.15) is 55.6 Å². The van der Waals surface area contributed by atoms with Crippen LogP contribution >= 0.6 is 0 Å². The van der Waals surface area contributed by atoms with Crippen molar-refractivity contribution in [2.45, 2.75) is 43.9 Å². The number of rotatable bonds is 2. The molecule has 2 aliphatic rings. The van der Waals surface area contributed by atoms with Crippen LogP contribution in [-0.4, -0.2) is 27.9 Å². The first kappa shape index (κ1) is 10.3. The molecule has 1 N–H and O–H groups in total. The normalized spacial score (nSPS) is 26.7. The second-order valence-corrected chi connectivity index (χ2v) is 5.10. The van der Waals surface area contributed by atoms with Gasteiger partial charge in [0, 0.05) is 18.9 Å². The quantitative estimate of drug-likeness (QED) is 0.822. The molecule has 0 bridgehead atoms. The summed E-state index contributed by atoms with van der Waals surface area (Å²) in [6.45, 7) is 2.26. The first-order valence-corrected chi connectivity index (χ1v) is 6.46. The lowest BCUT2D eigenvalue weighted by Crippen LogP contribution is -2.14. The zero-order chi connectivity index (χ0) is 11.0. The largest absolute Gasteiger partial charge is 0.317 e. The first-order valence-electron chi connectivity index (χ1n) is 6.46. The van der Waals surface area contributed by atoms with E-state index in [2.05, 4.69) is 10.4 Å². The van der Waals surface area contributed by atoms with E-state index >= 15 is 0 Å². The van der Waals surface area contributed by atoms with Gasteiger partial charge >= 0.3 is 0 Å². The van der Waals surface area contributed by atoms with Crippen LogP contribution in [0.2, 0.25) is 0 Å². The van der Waals surface area contributed by atoms with Crippen molar-refractivity contribution in [2.75, 3.05) is 13.1 Å². The maximum Gasteiger partial charge on any atom is 0.154 e. The predicted octanol–water partition coefficient (Wildman–Crippen LogP) is 1.55. The van der Waals surface area contributed by atoms with Crippen molar-refractivity contribution < 1.29 is 0 Å². The van der Waals surface area contributed by atoms with E-state index in [1.165, 1.54) is 37.9 Å². The van der Waals surface area contributed by atoms with Crippen molar-refractivity contribution in [3.63, 3.8) is 0 Å². The smallest absolute Gasteiger partial charge is 0.154 e. The summed E-state index contributed by atoms with van der Waals surface area (Å²) in [4.78, 5) is 4.76. The maximum atomic E-state index is 4.76. The van der Waals surface area contributed by atoms with Crippen molar-refractivity contribution in [1.29, 1.82) is 0 Å². The van der Waals surface area contributed by atoms with Crippen LogP contribution in [0.3, 0.4) is 0 Å². The van der Waals surface area contributed by atoms with Gasteiger partial charge in [-0.3, -0.25) is 4.68 Å². The summed E-state index contributed by atoms with van der Waals surface area (Å²) in [6.07, 6.45) is 6.29. The number of aromatic nitrogens is 3. The van der Waals surface area contributed by atoms with Crippen LogP contribution in [-0.2, 0) is 7.05 Å². The summed E-state index contributed by atoms with van der Waals surface area (Å²) in [5.41, 5.74) is 0. The third-order valence-electron chi connectivity index (χ3n) is 3.70. The zero-order valence-corrected chi connectivity index (χ0v) is 9.95. The summed E-state index contributed by atoms with van der Waals surface area (Å²) < 4.78 is 2.01. The van der Waals surface area contributed by atoms with Crippen molar-refractivity contribution in [1.82, 2.24) is 20.1 Å². The van der Waals surface area contributed by atoms with Crippen LogP contribution in [0.4, 0.5) is 0 Å². The van der Waals surface area contributed by atoms with Gasteiger partial charge in [-0.1, -0.05) is 0 Å². The van der Waals surface area contributed by atoms with E-state index < -0.39 is 0 Å². The van der Waals surface area contributed by atoms with Gasteiger partial charge in [-0.15, -0.1) is 0 Å². The van der Waals surface area contributed by atoms with E-state index in [4.69, 9.17) is 4.98 Å². The minimum Gasteiger partial charge on any atom is -0.317 e. The molecule has 1 aromatic rings. The summed E-state index contributed by atoms with van der Waals surface area (Å²) in [7, 11) is 2.04. The number of hydrogen-bond donors (Lipinski definition) is 1. The van der Waals surface area contributed by atoms with E-state index in [0.29, 0.717) is 11.8 Å². The average molecular weight is 220 g/mol. The predicted molar refractivity (Wildman–Crippen MR) is 62.4 cm³/mol. The fraction of sp³-hybridized carbons (Fsp3) is 0.833. The van der Waals surface area contributed by atoms with E-state index in [1.807, 2.05) is 11.7 Å². The molecular weight excluding hydrogens is 200 g/mol. The number of aryl methyl sites for hydroxylation is 1. The van der Waals surface area contributed by atoms with Crippen LogP contribution in [0.25, 0.3) is 0 Å². The molecular formula is C12H20N4. The van der Waals surface area contributed by atoms with Crippen LogP contribution in [0, 0.1) is 0 Å². The monoisotopic (exact) mass is 220 g/mol. The van der Waals surface area contributed by atoms with Crippen LogP contribution in [0.5, 0.6) is 0 Å². The highest BCUT2D eigenvalue weighted by atomic mass is 15.3. The summed E-state index contributed by atoms with van der Waals surface area (Å²) in [6, 6.07) is 0. The Morgan fingerprint density at radius 1 is 1.12 bits per heavy atom. The molecule has 0 spiro atoms. The van der Waals surface area contributed by atoms with Gasteiger partial charge < -0.3 is 5.32 Å². The molecule has 1 saturated carbocycles. The maximum absolute atomic E-state index is 4.76. The molecule has 0 aromatic carbocycles. The SMILES string of the molecule is Cn1nc(C2CCCNCC2)nc1C1CC1. The molecule has 3 rings (SSSR count).